The zero-order chi connectivity index (χ0) is 15.1. The molecule has 1 fully saturated rings. The van der Waals surface area contributed by atoms with Gasteiger partial charge >= 0.3 is 5.69 Å². The number of hydrogen-bond acceptors (Lipinski definition) is 8. The van der Waals surface area contributed by atoms with E-state index >= 15 is 0 Å². The van der Waals surface area contributed by atoms with Crippen molar-refractivity contribution in [3.05, 3.63) is 34.3 Å². The summed E-state index contributed by atoms with van der Waals surface area (Å²) < 4.78 is 6.49. The minimum Gasteiger partial charge on any atom is -0.394 e. The molecule has 3 N–H and O–H groups in total. The van der Waals surface area contributed by atoms with Gasteiger partial charge in [-0.1, -0.05) is 0 Å². The molecule has 0 aromatic carbocycles. The predicted molar refractivity (Wildman–Crippen MR) is 66.4 cm³/mol. The number of aliphatic hydroxyl groups excluding tert-OH is 3. The summed E-state index contributed by atoms with van der Waals surface area (Å²) in [5, 5.41) is 43.6. The Kier molecular flexibility index (Phi) is 3.29. The van der Waals surface area contributed by atoms with Crippen LogP contribution in [0.5, 0.6) is 0 Å². The average molecular weight is 296 g/mol. The van der Waals surface area contributed by atoms with E-state index in [4.69, 9.17) is 9.84 Å². The van der Waals surface area contributed by atoms with Gasteiger partial charge in [-0.2, -0.15) is 0 Å². The van der Waals surface area contributed by atoms with Crippen LogP contribution in [0.3, 0.4) is 0 Å². The lowest BCUT2D eigenvalue weighted by atomic mass is 10.1. The Hall–Kier alpha value is -2.14. The first-order chi connectivity index (χ1) is 10.0. The number of fused-ring (bicyclic) bond motifs is 1. The molecule has 0 unspecified atom stereocenters. The molecular formula is C11H12N4O6. The highest BCUT2D eigenvalue weighted by Crippen LogP contribution is 2.32. The Morgan fingerprint density at radius 1 is 1.43 bits per heavy atom. The topological polar surface area (TPSA) is 143 Å². The number of rotatable bonds is 3. The first kappa shape index (κ1) is 13.8. The molecule has 2 aromatic heterocycles. The van der Waals surface area contributed by atoms with Crippen molar-refractivity contribution in [2.45, 2.75) is 24.4 Å². The molecule has 0 saturated carbocycles. The molecule has 0 bridgehead atoms. The van der Waals surface area contributed by atoms with Crippen molar-refractivity contribution in [3.63, 3.8) is 0 Å². The molecule has 10 heteroatoms. The van der Waals surface area contributed by atoms with Crippen molar-refractivity contribution in [3.8, 4) is 0 Å². The van der Waals surface area contributed by atoms with Crippen LogP contribution >= 0.6 is 0 Å². The Balaban J connectivity index is 2.02. The van der Waals surface area contributed by atoms with Crippen LogP contribution in [0.4, 0.5) is 5.69 Å². The van der Waals surface area contributed by atoms with E-state index in [0.717, 1.165) is 0 Å². The third kappa shape index (κ3) is 2.14. The van der Waals surface area contributed by atoms with Gasteiger partial charge in [0.2, 0.25) is 5.65 Å². The number of aromatic nitrogens is 3. The number of aliphatic hydroxyl groups is 3. The van der Waals surface area contributed by atoms with E-state index in [1.807, 2.05) is 0 Å². The molecule has 0 spiro atoms. The van der Waals surface area contributed by atoms with E-state index < -0.39 is 35.9 Å². The summed E-state index contributed by atoms with van der Waals surface area (Å²) in [5.74, 6) is 0.00630. The van der Waals surface area contributed by atoms with Crippen molar-refractivity contribution in [1.82, 2.24) is 14.6 Å². The molecule has 112 valence electrons. The lowest BCUT2D eigenvalue weighted by Gasteiger charge is -2.10. The van der Waals surface area contributed by atoms with Crippen LogP contribution in [0.2, 0.25) is 0 Å². The third-order valence-corrected chi connectivity index (χ3v) is 3.35. The number of hydrogen-bond donors (Lipinski definition) is 3. The van der Waals surface area contributed by atoms with E-state index in [9.17, 15) is 20.3 Å². The van der Waals surface area contributed by atoms with E-state index in [2.05, 4.69) is 10.1 Å². The molecule has 0 radical (unpaired) electrons. The Labute approximate surface area is 117 Å². The van der Waals surface area contributed by atoms with Crippen molar-refractivity contribution in [2.75, 3.05) is 6.61 Å². The zero-order valence-electron chi connectivity index (χ0n) is 10.6. The molecule has 1 saturated heterocycles. The zero-order valence-corrected chi connectivity index (χ0v) is 10.6. The molecule has 1 aliphatic heterocycles. The maximum absolute atomic E-state index is 10.9. The fraction of sp³-hybridized carbons (Fsp3) is 0.455. The van der Waals surface area contributed by atoms with Crippen LogP contribution in [-0.4, -0.2) is 59.8 Å². The first-order valence-corrected chi connectivity index (χ1v) is 6.15. The van der Waals surface area contributed by atoms with Crippen LogP contribution in [0, 0.1) is 10.1 Å². The number of nitrogens with zero attached hydrogens (tertiary/aromatic N) is 4. The molecule has 4 atom stereocenters. The summed E-state index contributed by atoms with van der Waals surface area (Å²) >= 11 is 0. The molecule has 3 heterocycles. The third-order valence-electron chi connectivity index (χ3n) is 3.35. The van der Waals surface area contributed by atoms with Gasteiger partial charge in [-0.3, -0.25) is 10.1 Å². The van der Waals surface area contributed by atoms with E-state index in [-0.39, 0.29) is 17.2 Å². The molecule has 1 aliphatic rings. The summed E-state index contributed by atoms with van der Waals surface area (Å²) in [6.07, 6.45) is -3.14. The Bertz CT molecular complexity index is 688. The van der Waals surface area contributed by atoms with Gasteiger partial charge in [0.25, 0.3) is 0 Å². The predicted octanol–water partition coefficient (Wildman–Crippen LogP) is -1.21. The second kappa shape index (κ2) is 5.00. The largest absolute Gasteiger partial charge is 0.394 e. The quantitative estimate of drug-likeness (QED) is 0.473. The van der Waals surface area contributed by atoms with E-state index in [0.29, 0.717) is 0 Å². The maximum atomic E-state index is 10.9. The fourth-order valence-corrected chi connectivity index (χ4v) is 2.28. The normalized spacial score (nSPS) is 29.1. The molecule has 21 heavy (non-hydrogen) atoms. The minimum absolute atomic E-state index is 0.00630. The summed E-state index contributed by atoms with van der Waals surface area (Å²) in [7, 11) is 0. The van der Waals surface area contributed by atoms with Crippen molar-refractivity contribution < 1.29 is 25.0 Å². The maximum Gasteiger partial charge on any atom is 0.313 e. The Morgan fingerprint density at radius 2 is 2.19 bits per heavy atom. The Morgan fingerprint density at radius 3 is 2.81 bits per heavy atom. The smallest absolute Gasteiger partial charge is 0.313 e. The van der Waals surface area contributed by atoms with Gasteiger partial charge in [-0.25, -0.2) is 9.50 Å². The molecule has 0 aliphatic carbocycles. The van der Waals surface area contributed by atoms with Crippen LogP contribution in [-0.2, 0) is 4.74 Å². The van der Waals surface area contributed by atoms with E-state index in [1.165, 1.54) is 22.8 Å². The average Bonchev–Trinajstić information content (AvgIpc) is 3.01. The molecule has 10 nitrogen and oxygen atoms in total. The van der Waals surface area contributed by atoms with Crippen LogP contribution < -0.4 is 0 Å². The molecule has 3 rings (SSSR count). The highest BCUT2D eigenvalue weighted by atomic mass is 16.6. The minimum atomic E-state index is -1.32. The lowest BCUT2D eigenvalue weighted by Crippen LogP contribution is -2.32. The van der Waals surface area contributed by atoms with Gasteiger partial charge in [-0.15, -0.1) is 5.10 Å². The SMILES string of the molecule is O=[N+]([O-])c1cccn2nc([C@H]3O[C@@H](CO)[C@@H](O)[C@@H]3O)nc12. The van der Waals surface area contributed by atoms with Crippen molar-refractivity contribution in [2.24, 2.45) is 0 Å². The second-order valence-electron chi connectivity index (χ2n) is 4.65. The molecular weight excluding hydrogens is 284 g/mol. The van der Waals surface area contributed by atoms with Crippen LogP contribution in [0.1, 0.15) is 11.9 Å². The highest BCUT2D eigenvalue weighted by molar-refractivity contribution is 5.58. The molecule has 0 amide bonds. The number of ether oxygens (including phenoxy) is 1. The van der Waals surface area contributed by atoms with Gasteiger partial charge in [0.15, 0.2) is 5.82 Å². The second-order valence-corrected chi connectivity index (χ2v) is 4.65. The number of nitro groups is 1. The van der Waals surface area contributed by atoms with Crippen LogP contribution in [0.15, 0.2) is 18.3 Å². The van der Waals surface area contributed by atoms with Gasteiger partial charge in [0, 0.05) is 12.3 Å². The fourth-order valence-electron chi connectivity index (χ4n) is 2.28. The summed E-state index contributed by atoms with van der Waals surface area (Å²) in [6.45, 7) is -0.470. The number of pyridine rings is 1. The first-order valence-electron chi connectivity index (χ1n) is 6.15. The highest BCUT2D eigenvalue weighted by Gasteiger charge is 2.45. The lowest BCUT2D eigenvalue weighted by molar-refractivity contribution is -0.383. The monoisotopic (exact) mass is 296 g/mol. The van der Waals surface area contributed by atoms with Gasteiger partial charge < -0.3 is 20.1 Å². The standard InChI is InChI=1S/C11H12N4O6/c16-4-6-7(17)8(18)9(21-6)10-12-11-5(15(19)20)2-1-3-14(11)13-10/h1-3,6-9,16-18H,4H2/t6-,7+,8-,9-/m0/s1. The summed E-state index contributed by atoms with van der Waals surface area (Å²) in [5.41, 5.74) is -0.224. The van der Waals surface area contributed by atoms with Gasteiger partial charge in [-0.05, 0) is 6.07 Å². The van der Waals surface area contributed by atoms with E-state index in [1.54, 1.807) is 0 Å². The summed E-state index contributed by atoms with van der Waals surface area (Å²) in [4.78, 5) is 14.3. The van der Waals surface area contributed by atoms with Crippen molar-refractivity contribution in [1.29, 1.82) is 0 Å². The van der Waals surface area contributed by atoms with Gasteiger partial charge in [0.05, 0.1) is 11.5 Å². The van der Waals surface area contributed by atoms with Gasteiger partial charge in [0.1, 0.15) is 24.4 Å². The van der Waals surface area contributed by atoms with Crippen molar-refractivity contribution >= 4 is 11.3 Å². The molecule has 2 aromatic rings. The summed E-state index contributed by atoms with van der Waals surface area (Å²) in [6, 6.07) is 2.73. The van der Waals surface area contributed by atoms with Crippen LogP contribution in [0.25, 0.3) is 5.65 Å².